The normalized spacial score (nSPS) is 10.6. The summed E-state index contributed by atoms with van der Waals surface area (Å²) in [7, 11) is 0. The standard InChI is InChI=1S/C16H27NOS/c1-3-4-12-18-16-9-7-15(8-10-16)14-17-11-5-6-13-19-2/h7-10,17H,3-6,11-14H2,1-2H3. The van der Waals surface area contributed by atoms with E-state index in [0.29, 0.717) is 0 Å². The second-order valence-corrected chi connectivity index (χ2v) is 5.71. The first kappa shape index (κ1) is 16.4. The van der Waals surface area contributed by atoms with Crippen LogP contribution in [0.4, 0.5) is 0 Å². The van der Waals surface area contributed by atoms with Crippen LogP contribution in [0.25, 0.3) is 0 Å². The highest BCUT2D eigenvalue weighted by Crippen LogP contribution is 2.12. The van der Waals surface area contributed by atoms with E-state index in [9.17, 15) is 0 Å². The molecule has 0 atom stereocenters. The van der Waals surface area contributed by atoms with Crippen molar-refractivity contribution in [2.75, 3.05) is 25.2 Å². The molecule has 19 heavy (non-hydrogen) atoms. The van der Waals surface area contributed by atoms with E-state index >= 15 is 0 Å². The maximum absolute atomic E-state index is 5.65. The molecule has 0 heterocycles. The molecule has 0 saturated carbocycles. The molecule has 1 rings (SSSR count). The molecule has 3 heteroatoms. The number of benzene rings is 1. The van der Waals surface area contributed by atoms with Gasteiger partial charge in [-0.2, -0.15) is 11.8 Å². The summed E-state index contributed by atoms with van der Waals surface area (Å²) in [5.74, 6) is 2.25. The van der Waals surface area contributed by atoms with Gasteiger partial charge < -0.3 is 10.1 Å². The predicted molar refractivity (Wildman–Crippen MR) is 86.2 cm³/mol. The van der Waals surface area contributed by atoms with Crippen molar-refractivity contribution in [3.05, 3.63) is 29.8 Å². The van der Waals surface area contributed by atoms with Crippen molar-refractivity contribution >= 4 is 11.8 Å². The Morgan fingerprint density at radius 2 is 1.89 bits per heavy atom. The zero-order valence-corrected chi connectivity index (χ0v) is 13.1. The van der Waals surface area contributed by atoms with Gasteiger partial charge in [0.05, 0.1) is 6.61 Å². The van der Waals surface area contributed by atoms with E-state index in [1.165, 1.54) is 30.6 Å². The maximum atomic E-state index is 5.65. The molecule has 0 spiro atoms. The van der Waals surface area contributed by atoms with Crippen molar-refractivity contribution in [2.45, 2.75) is 39.2 Å². The molecule has 0 aliphatic heterocycles. The monoisotopic (exact) mass is 281 g/mol. The van der Waals surface area contributed by atoms with Gasteiger partial charge >= 0.3 is 0 Å². The highest BCUT2D eigenvalue weighted by atomic mass is 32.2. The van der Waals surface area contributed by atoms with Gasteiger partial charge in [-0.25, -0.2) is 0 Å². The molecule has 108 valence electrons. The van der Waals surface area contributed by atoms with Crippen LogP contribution in [0.1, 0.15) is 38.2 Å². The molecule has 0 amide bonds. The zero-order chi connectivity index (χ0) is 13.8. The molecule has 1 aromatic carbocycles. The molecule has 0 bridgehead atoms. The summed E-state index contributed by atoms with van der Waals surface area (Å²) in [5.41, 5.74) is 1.33. The highest BCUT2D eigenvalue weighted by molar-refractivity contribution is 7.98. The van der Waals surface area contributed by atoms with E-state index in [2.05, 4.69) is 42.8 Å². The summed E-state index contributed by atoms with van der Waals surface area (Å²) < 4.78 is 5.65. The molecule has 0 fully saturated rings. The molecular weight excluding hydrogens is 254 g/mol. The van der Waals surface area contributed by atoms with E-state index in [0.717, 1.165) is 31.9 Å². The molecule has 1 N–H and O–H groups in total. The van der Waals surface area contributed by atoms with E-state index in [1.54, 1.807) is 0 Å². The fourth-order valence-corrected chi connectivity index (χ4v) is 2.26. The van der Waals surface area contributed by atoms with Crippen LogP contribution < -0.4 is 10.1 Å². The molecule has 1 aromatic rings. The fourth-order valence-electron chi connectivity index (χ4n) is 1.77. The van der Waals surface area contributed by atoms with Crippen LogP contribution in [0.2, 0.25) is 0 Å². The summed E-state index contributed by atoms with van der Waals surface area (Å²) in [6.07, 6.45) is 7.03. The van der Waals surface area contributed by atoms with E-state index in [4.69, 9.17) is 4.74 Å². The minimum Gasteiger partial charge on any atom is -0.494 e. The number of nitrogens with one attached hydrogen (secondary N) is 1. The van der Waals surface area contributed by atoms with Crippen molar-refractivity contribution in [2.24, 2.45) is 0 Å². The molecule has 0 unspecified atom stereocenters. The Hall–Kier alpha value is -0.670. The lowest BCUT2D eigenvalue weighted by atomic mass is 10.2. The van der Waals surface area contributed by atoms with Gasteiger partial charge in [-0.05, 0) is 55.5 Å². The Balaban J connectivity index is 2.13. The van der Waals surface area contributed by atoms with Crippen LogP contribution in [0.15, 0.2) is 24.3 Å². The highest BCUT2D eigenvalue weighted by Gasteiger charge is 1.96. The molecule has 0 radical (unpaired) electrons. The SMILES string of the molecule is CCCCOc1ccc(CNCCCCSC)cc1. The van der Waals surface area contributed by atoms with Crippen LogP contribution in [-0.4, -0.2) is 25.2 Å². The molecular formula is C16H27NOS. The van der Waals surface area contributed by atoms with Crippen molar-refractivity contribution in [3.8, 4) is 5.75 Å². The Morgan fingerprint density at radius 1 is 1.11 bits per heavy atom. The zero-order valence-electron chi connectivity index (χ0n) is 12.3. The Bertz CT molecular complexity index is 313. The lowest BCUT2D eigenvalue weighted by molar-refractivity contribution is 0.309. The van der Waals surface area contributed by atoms with Gasteiger partial charge in [-0.3, -0.25) is 0 Å². The van der Waals surface area contributed by atoms with Crippen LogP contribution in [0, 0.1) is 0 Å². The number of rotatable bonds is 11. The van der Waals surface area contributed by atoms with Crippen molar-refractivity contribution in [1.29, 1.82) is 0 Å². The van der Waals surface area contributed by atoms with Gasteiger partial charge in [-0.15, -0.1) is 0 Å². The first-order valence-electron chi connectivity index (χ1n) is 7.28. The Morgan fingerprint density at radius 3 is 2.58 bits per heavy atom. The van der Waals surface area contributed by atoms with Gasteiger partial charge in [0, 0.05) is 6.54 Å². The van der Waals surface area contributed by atoms with Crippen LogP contribution in [0.5, 0.6) is 5.75 Å². The van der Waals surface area contributed by atoms with Crippen LogP contribution >= 0.6 is 11.8 Å². The lowest BCUT2D eigenvalue weighted by Crippen LogP contribution is -2.14. The van der Waals surface area contributed by atoms with Crippen molar-refractivity contribution in [1.82, 2.24) is 5.32 Å². The molecule has 0 aromatic heterocycles. The smallest absolute Gasteiger partial charge is 0.119 e. The molecule has 0 saturated heterocycles. The number of hydrogen-bond acceptors (Lipinski definition) is 3. The summed E-state index contributed by atoms with van der Waals surface area (Å²) in [5, 5.41) is 3.48. The lowest BCUT2D eigenvalue weighted by Gasteiger charge is -2.07. The minimum atomic E-state index is 0.823. The minimum absolute atomic E-state index is 0.823. The molecule has 2 nitrogen and oxygen atoms in total. The Labute approximate surface area is 122 Å². The Kier molecular flexibility index (Phi) is 9.64. The summed E-state index contributed by atoms with van der Waals surface area (Å²) in [6, 6.07) is 8.44. The number of hydrogen-bond donors (Lipinski definition) is 1. The molecule has 0 aliphatic carbocycles. The fraction of sp³-hybridized carbons (Fsp3) is 0.625. The summed E-state index contributed by atoms with van der Waals surface area (Å²) in [6.45, 7) is 5.06. The van der Waals surface area contributed by atoms with E-state index in [-0.39, 0.29) is 0 Å². The number of unbranched alkanes of at least 4 members (excludes halogenated alkanes) is 2. The predicted octanol–water partition coefficient (Wildman–Crippen LogP) is 4.10. The second kappa shape index (κ2) is 11.2. The quantitative estimate of drug-likeness (QED) is 0.617. The van der Waals surface area contributed by atoms with Crippen LogP contribution in [0.3, 0.4) is 0 Å². The van der Waals surface area contributed by atoms with Gasteiger partial charge in [0.2, 0.25) is 0 Å². The van der Waals surface area contributed by atoms with Gasteiger partial charge in [0.25, 0.3) is 0 Å². The van der Waals surface area contributed by atoms with Gasteiger partial charge in [0.1, 0.15) is 5.75 Å². The number of ether oxygens (including phenoxy) is 1. The van der Waals surface area contributed by atoms with Gasteiger partial charge in [-0.1, -0.05) is 25.5 Å². The topological polar surface area (TPSA) is 21.3 Å². The van der Waals surface area contributed by atoms with E-state index < -0.39 is 0 Å². The third-order valence-corrected chi connectivity index (χ3v) is 3.67. The van der Waals surface area contributed by atoms with Gasteiger partial charge in [0.15, 0.2) is 0 Å². The van der Waals surface area contributed by atoms with Crippen molar-refractivity contribution in [3.63, 3.8) is 0 Å². The average molecular weight is 281 g/mol. The first-order chi connectivity index (χ1) is 9.36. The summed E-state index contributed by atoms with van der Waals surface area (Å²) in [4.78, 5) is 0. The van der Waals surface area contributed by atoms with E-state index in [1.807, 2.05) is 11.8 Å². The third kappa shape index (κ3) is 8.17. The summed E-state index contributed by atoms with van der Waals surface area (Å²) >= 11 is 1.92. The first-order valence-corrected chi connectivity index (χ1v) is 8.67. The van der Waals surface area contributed by atoms with Crippen molar-refractivity contribution < 1.29 is 4.74 Å². The maximum Gasteiger partial charge on any atom is 0.119 e. The molecule has 0 aliphatic rings. The third-order valence-electron chi connectivity index (χ3n) is 2.97. The second-order valence-electron chi connectivity index (χ2n) is 4.72. The largest absolute Gasteiger partial charge is 0.494 e. The van der Waals surface area contributed by atoms with Crippen LogP contribution in [-0.2, 0) is 6.54 Å². The average Bonchev–Trinajstić information content (AvgIpc) is 2.44. The number of thioether (sulfide) groups is 1.